The van der Waals surface area contributed by atoms with Crippen LogP contribution in [0.5, 0.6) is 5.75 Å². The van der Waals surface area contributed by atoms with Crippen LogP contribution in [0.3, 0.4) is 0 Å². The molecule has 0 aromatic heterocycles. The standard InChI is InChI=1S/C10H10O5S/c1-16(13,14)15-9-5-2-8(3-6-9)4-7-10(11)12/h2-7H,1H3,(H,11,12). The third kappa shape index (κ3) is 4.61. The van der Waals surface area contributed by atoms with Crippen LogP contribution >= 0.6 is 0 Å². The van der Waals surface area contributed by atoms with Gasteiger partial charge in [-0.05, 0) is 23.8 Å². The first kappa shape index (κ1) is 12.3. The van der Waals surface area contributed by atoms with Crippen LogP contribution in [0.25, 0.3) is 6.08 Å². The van der Waals surface area contributed by atoms with Gasteiger partial charge < -0.3 is 9.29 Å². The zero-order valence-corrected chi connectivity index (χ0v) is 9.27. The maximum absolute atomic E-state index is 10.8. The first-order chi connectivity index (χ1) is 7.37. The highest BCUT2D eigenvalue weighted by Crippen LogP contribution is 2.14. The lowest BCUT2D eigenvalue weighted by Gasteiger charge is -2.02. The quantitative estimate of drug-likeness (QED) is 0.632. The molecule has 16 heavy (non-hydrogen) atoms. The molecule has 0 spiro atoms. The molecule has 0 aliphatic rings. The second-order valence-electron chi connectivity index (χ2n) is 3.03. The monoisotopic (exact) mass is 242 g/mol. The fraction of sp³-hybridized carbons (Fsp3) is 0.100. The molecule has 0 unspecified atom stereocenters. The second-order valence-corrected chi connectivity index (χ2v) is 4.60. The molecule has 0 saturated carbocycles. The summed E-state index contributed by atoms with van der Waals surface area (Å²) in [5.74, 6) is -0.855. The van der Waals surface area contributed by atoms with Gasteiger partial charge in [-0.15, -0.1) is 0 Å². The maximum atomic E-state index is 10.8. The summed E-state index contributed by atoms with van der Waals surface area (Å²) in [7, 11) is -3.53. The zero-order valence-electron chi connectivity index (χ0n) is 8.45. The van der Waals surface area contributed by atoms with Crippen molar-refractivity contribution in [1.29, 1.82) is 0 Å². The molecule has 0 heterocycles. The first-order valence-corrected chi connectivity index (χ1v) is 6.09. The van der Waals surface area contributed by atoms with E-state index in [-0.39, 0.29) is 5.75 Å². The highest BCUT2D eigenvalue weighted by Gasteiger charge is 2.02. The minimum absolute atomic E-state index is 0.190. The van der Waals surface area contributed by atoms with Crippen LogP contribution in [-0.2, 0) is 14.9 Å². The number of hydrogen-bond acceptors (Lipinski definition) is 4. The summed E-state index contributed by atoms with van der Waals surface area (Å²) in [5.41, 5.74) is 0.642. The van der Waals surface area contributed by atoms with Crippen molar-refractivity contribution in [2.75, 3.05) is 6.26 Å². The second kappa shape index (κ2) is 4.80. The summed E-state index contributed by atoms with van der Waals surface area (Å²) < 4.78 is 26.2. The van der Waals surface area contributed by atoms with E-state index in [1.165, 1.54) is 18.2 Å². The van der Waals surface area contributed by atoms with E-state index in [1.54, 1.807) is 12.1 Å². The maximum Gasteiger partial charge on any atom is 0.328 e. The van der Waals surface area contributed by atoms with Gasteiger partial charge in [0.15, 0.2) is 0 Å². The molecule has 1 rings (SSSR count). The van der Waals surface area contributed by atoms with Crippen molar-refractivity contribution in [3.05, 3.63) is 35.9 Å². The predicted molar refractivity (Wildman–Crippen MR) is 58.6 cm³/mol. The number of carboxylic acid groups (broad SMARTS) is 1. The minimum atomic E-state index is -3.53. The predicted octanol–water partition coefficient (Wildman–Crippen LogP) is 1.12. The molecular formula is C10H10O5S. The van der Waals surface area contributed by atoms with Gasteiger partial charge in [0, 0.05) is 6.08 Å². The Kier molecular flexibility index (Phi) is 3.68. The van der Waals surface area contributed by atoms with Gasteiger partial charge in [0.25, 0.3) is 0 Å². The summed E-state index contributed by atoms with van der Waals surface area (Å²) in [5, 5.41) is 8.39. The molecule has 1 aromatic rings. The summed E-state index contributed by atoms with van der Waals surface area (Å²) in [6.45, 7) is 0. The fourth-order valence-corrected chi connectivity index (χ4v) is 1.44. The van der Waals surface area contributed by atoms with Crippen LogP contribution < -0.4 is 4.18 Å². The van der Waals surface area contributed by atoms with E-state index in [0.29, 0.717) is 5.56 Å². The van der Waals surface area contributed by atoms with Gasteiger partial charge in [-0.25, -0.2) is 4.79 Å². The molecule has 0 saturated heterocycles. The molecule has 1 aromatic carbocycles. The van der Waals surface area contributed by atoms with E-state index in [2.05, 4.69) is 4.18 Å². The van der Waals surface area contributed by atoms with Crippen molar-refractivity contribution in [2.24, 2.45) is 0 Å². The van der Waals surface area contributed by atoms with E-state index in [9.17, 15) is 13.2 Å². The van der Waals surface area contributed by atoms with Crippen molar-refractivity contribution >= 4 is 22.2 Å². The van der Waals surface area contributed by atoms with Crippen molar-refractivity contribution in [1.82, 2.24) is 0 Å². The highest BCUT2D eigenvalue weighted by atomic mass is 32.2. The Balaban J connectivity index is 2.79. The van der Waals surface area contributed by atoms with Gasteiger partial charge in [-0.1, -0.05) is 12.1 Å². The molecule has 0 fully saturated rings. The van der Waals surface area contributed by atoms with Gasteiger partial charge in [0.2, 0.25) is 0 Å². The number of rotatable bonds is 4. The van der Waals surface area contributed by atoms with Gasteiger partial charge in [-0.3, -0.25) is 0 Å². The average molecular weight is 242 g/mol. The molecule has 0 aliphatic carbocycles. The summed E-state index contributed by atoms with van der Waals surface area (Å²) in [6.07, 6.45) is 3.34. The molecule has 1 N–H and O–H groups in total. The largest absolute Gasteiger partial charge is 0.478 e. The van der Waals surface area contributed by atoms with E-state index in [0.717, 1.165) is 12.3 Å². The van der Waals surface area contributed by atoms with E-state index in [4.69, 9.17) is 5.11 Å². The van der Waals surface area contributed by atoms with Gasteiger partial charge in [0.1, 0.15) is 5.75 Å². The van der Waals surface area contributed by atoms with Crippen LogP contribution in [-0.4, -0.2) is 25.7 Å². The molecule has 5 nitrogen and oxygen atoms in total. The van der Waals surface area contributed by atoms with Gasteiger partial charge in [-0.2, -0.15) is 8.42 Å². The topological polar surface area (TPSA) is 80.7 Å². The number of benzene rings is 1. The average Bonchev–Trinajstić information content (AvgIpc) is 2.14. The molecule has 6 heteroatoms. The van der Waals surface area contributed by atoms with Crippen LogP contribution in [0.2, 0.25) is 0 Å². The molecule has 0 aliphatic heterocycles. The molecule has 0 bridgehead atoms. The van der Waals surface area contributed by atoms with Crippen molar-refractivity contribution in [2.45, 2.75) is 0 Å². The van der Waals surface area contributed by atoms with Crippen molar-refractivity contribution < 1.29 is 22.5 Å². The Labute approximate surface area is 93.1 Å². The fourth-order valence-electron chi connectivity index (χ4n) is 0.977. The van der Waals surface area contributed by atoms with Crippen LogP contribution in [0.4, 0.5) is 0 Å². The minimum Gasteiger partial charge on any atom is -0.478 e. The SMILES string of the molecule is CS(=O)(=O)Oc1ccc(C=CC(=O)O)cc1. The number of hydrogen-bond donors (Lipinski definition) is 1. The lowest BCUT2D eigenvalue weighted by molar-refractivity contribution is -0.131. The van der Waals surface area contributed by atoms with E-state index >= 15 is 0 Å². The Hall–Kier alpha value is -1.82. The third-order valence-corrected chi connectivity index (χ3v) is 2.04. The van der Waals surface area contributed by atoms with Crippen molar-refractivity contribution in [3.63, 3.8) is 0 Å². The van der Waals surface area contributed by atoms with Crippen LogP contribution in [0.1, 0.15) is 5.56 Å². The zero-order chi connectivity index (χ0) is 12.2. The lowest BCUT2D eigenvalue weighted by atomic mass is 10.2. The normalized spacial score (nSPS) is 11.6. The van der Waals surface area contributed by atoms with Gasteiger partial charge >= 0.3 is 16.1 Å². The first-order valence-electron chi connectivity index (χ1n) is 4.27. The number of carbonyl (C=O) groups is 1. The van der Waals surface area contributed by atoms with Crippen LogP contribution in [0.15, 0.2) is 30.3 Å². The third-order valence-electron chi connectivity index (χ3n) is 1.55. The Bertz CT molecular complexity index is 499. The molecule has 0 amide bonds. The Morgan fingerprint density at radius 1 is 1.31 bits per heavy atom. The van der Waals surface area contributed by atoms with E-state index < -0.39 is 16.1 Å². The lowest BCUT2D eigenvalue weighted by Crippen LogP contribution is -2.05. The summed E-state index contributed by atoms with van der Waals surface area (Å²) in [4.78, 5) is 10.2. The molecular weight excluding hydrogens is 232 g/mol. The molecule has 86 valence electrons. The highest BCUT2D eigenvalue weighted by molar-refractivity contribution is 7.86. The van der Waals surface area contributed by atoms with Gasteiger partial charge in [0.05, 0.1) is 6.26 Å². The summed E-state index contributed by atoms with van der Waals surface area (Å²) in [6, 6.07) is 6.01. The van der Waals surface area contributed by atoms with Crippen molar-refractivity contribution in [3.8, 4) is 5.75 Å². The number of carboxylic acids is 1. The molecule has 0 radical (unpaired) electrons. The molecule has 0 atom stereocenters. The van der Waals surface area contributed by atoms with Crippen LogP contribution in [0, 0.1) is 0 Å². The summed E-state index contributed by atoms with van der Waals surface area (Å²) >= 11 is 0. The smallest absolute Gasteiger partial charge is 0.328 e. The van der Waals surface area contributed by atoms with E-state index in [1.807, 2.05) is 0 Å². The number of aliphatic carboxylic acids is 1. The Morgan fingerprint density at radius 2 is 1.88 bits per heavy atom. The Morgan fingerprint density at radius 3 is 2.31 bits per heavy atom.